The molecule has 0 saturated carbocycles. The first-order valence-corrected chi connectivity index (χ1v) is 8.38. The molecule has 0 fully saturated rings. The molecule has 5 nitrogen and oxygen atoms in total. The second kappa shape index (κ2) is 6.22. The summed E-state index contributed by atoms with van der Waals surface area (Å²) in [5.74, 6) is 0.0936. The highest BCUT2D eigenvalue weighted by atomic mass is 35.5. The summed E-state index contributed by atoms with van der Waals surface area (Å²) in [5.41, 5.74) is 6.79. The molecule has 1 amide bonds. The van der Waals surface area contributed by atoms with Crippen molar-refractivity contribution in [1.82, 2.24) is 9.97 Å². The van der Waals surface area contributed by atoms with Crippen LogP contribution in [0.3, 0.4) is 0 Å². The first kappa shape index (κ1) is 15.2. The lowest BCUT2D eigenvalue weighted by Crippen LogP contribution is -2.19. The molecule has 0 aliphatic heterocycles. The second-order valence-electron chi connectivity index (χ2n) is 5.43. The average molecular weight is 337 g/mol. The van der Waals surface area contributed by atoms with Crippen molar-refractivity contribution in [1.29, 1.82) is 0 Å². The van der Waals surface area contributed by atoms with Crippen LogP contribution in [-0.4, -0.2) is 22.9 Å². The number of pyridine rings is 1. The third-order valence-electron chi connectivity index (χ3n) is 3.73. The van der Waals surface area contributed by atoms with E-state index in [-0.39, 0.29) is 0 Å². The molecule has 2 aromatic rings. The molecule has 0 unspecified atom stereocenters. The lowest BCUT2D eigenvalue weighted by molar-refractivity contribution is 0.1000. The van der Waals surface area contributed by atoms with Crippen LogP contribution in [0.25, 0.3) is 0 Å². The minimum absolute atomic E-state index is 0.312. The van der Waals surface area contributed by atoms with E-state index in [9.17, 15) is 4.79 Å². The number of hydrogen-bond donors (Lipinski definition) is 1. The standard InChI is InChI=1S/C15H17ClN4OS/c1-20(15-10(16)6-9(7-18-15)14(17)21)8-13-19-11-4-2-3-5-12(11)22-13/h6-7H,2-5,8H2,1H3,(H2,17,21). The minimum Gasteiger partial charge on any atom is -0.366 e. The smallest absolute Gasteiger partial charge is 0.250 e. The van der Waals surface area contributed by atoms with Gasteiger partial charge in [-0.15, -0.1) is 11.3 Å². The zero-order chi connectivity index (χ0) is 15.7. The molecule has 0 bridgehead atoms. The molecule has 116 valence electrons. The Balaban J connectivity index is 1.78. The Morgan fingerprint density at radius 3 is 2.91 bits per heavy atom. The Morgan fingerprint density at radius 2 is 2.23 bits per heavy atom. The van der Waals surface area contributed by atoms with E-state index in [1.807, 2.05) is 11.9 Å². The average Bonchev–Trinajstić information content (AvgIpc) is 2.88. The highest BCUT2D eigenvalue weighted by Crippen LogP contribution is 2.29. The van der Waals surface area contributed by atoms with Crippen LogP contribution in [0.2, 0.25) is 5.02 Å². The molecule has 1 aliphatic carbocycles. The SMILES string of the molecule is CN(Cc1nc2c(s1)CCCC2)c1ncc(C(N)=O)cc1Cl. The van der Waals surface area contributed by atoms with Gasteiger partial charge in [-0.2, -0.15) is 0 Å². The van der Waals surface area contributed by atoms with Crippen molar-refractivity contribution in [2.45, 2.75) is 32.2 Å². The van der Waals surface area contributed by atoms with Crippen molar-refractivity contribution < 1.29 is 4.79 Å². The molecule has 7 heteroatoms. The Kier molecular flexibility index (Phi) is 4.31. The summed E-state index contributed by atoms with van der Waals surface area (Å²) in [6.45, 7) is 0.653. The minimum atomic E-state index is -0.531. The van der Waals surface area contributed by atoms with Gasteiger partial charge in [0.15, 0.2) is 0 Å². The molecule has 2 N–H and O–H groups in total. The van der Waals surface area contributed by atoms with E-state index >= 15 is 0 Å². The van der Waals surface area contributed by atoms with Crippen LogP contribution in [-0.2, 0) is 19.4 Å². The van der Waals surface area contributed by atoms with Crippen molar-refractivity contribution in [3.8, 4) is 0 Å². The van der Waals surface area contributed by atoms with Gasteiger partial charge in [0.25, 0.3) is 0 Å². The molecular weight excluding hydrogens is 320 g/mol. The van der Waals surface area contributed by atoms with Crippen molar-refractivity contribution in [2.75, 3.05) is 11.9 Å². The molecule has 2 aromatic heterocycles. The topological polar surface area (TPSA) is 72.1 Å². The molecule has 1 aliphatic rings. The van der Waals surface area contributed by atoms with E-state index in [4.69, 9.17) is 22.3 Å². The van der Waals surface area contributed by atoms with Gasteiger partial charge in [-0.25, -0.2) is 9.97 Å². The number of primary amides is 1. The van der Waals surface area contributed by atoms with Gasteiger partial charge in [0.05, 0.1) is 22.8 Å². The first-order chi connectivity index (χ1) is 10.5. The number of carbonyl (C=O) groups is 1. The predicted molar refractivity (Wildman–Crippen MR) is 88.6 cm³/mol. The normalized spacial score (nSPS) is 13.7. The second-order valence-corrected chi connectivity index (χ2v) is 7.01. The molecule has 0 atom stereocenters. The largest absolute Gasteiger partial charge is 0.366 e. The molecule has 0 spiro atoms. The number of carbonyl (C=O) groups excluding carboxylic acids is 1. The fourth-order valence-electron chi connectivity index (χ4n) is 2.60. The van der Waals surface area contributed by atoms with Gasteiger partial charge in [0.1, 0.15) is 10.8 Å². The fraction of sp³-hybridized carbons (Fsp3) is 0.400. The maximum absolute atomic E-state index is 11.1. The number of aryl methyl sites for hydroxylation is 2. The third kappa shape index (κ3) is 3.08. The number of thiazole rings is 1. The summed E-state index contributed by atoms with van der Waals surface area (Å²) in [4.78, 5) is 23.5. The number of nitrogens with two attached hydrogens (primary N) is 1. The van der Waals surface area contributed by atoms with E-state index in [0.717, 1.165) is 17.8 Å². The number of aromatic nitrogens is 2. The summed E-state index contributed by atoms with van der Waals surface area (Å²) in [5, 5.41) is 1.49. The van der Waals surface area contributed by atoms with Gasteiger partial charge in [0.2, 0.25) is 5.91 Å². The van der Waals surface area contributed by atoms with Crippen molar-refractivity contribution >= 4 is 34.7 Å². The quantitative estimate of drug-likeness (QED) is 0.931. The number of nitrogens with zero attached hydrogens (tertiary/aromatic N) is 3. The zero-order valence-corrected chi connectivity index (χ0v) is 13.9. The van der Waals surface area contributed by atoms with Crippen LogP contribution in [0.15, 0.2) is 12.3 Å². The predicted octanol–water partition coefficient (Wildman–Crippen LogP) is 2.81. The fourth-order valence-corrected chi connectivity index (χ4v) is 4.12. The van der Waals surface area contributed by atoms with Crippen LogP contribution in [0, 0.1) is 0 Å². The van der Waals surface area contributed by atoms with Crippen LogP contribution in [0.1, 0.15) is 38.8 Å². The summed E-state index contributed by atoms with van der Waals surface area (Å²) in [6, 6.07) is 1.55. The Bertz CT molecular complexity index is 692. The van der Waals surface area contributed by atoms with E-state index in [0.29, 0.717) is 22.9 Å². The lowest BCUT2D eigenvalue weighted by atomic mass is 10.0. The summed E-state index contributed by atoms with van der Waals surface area (Å²) in [7, 11) is 1.92. The third-order valence-corrected chi connectivity index (χ3v) is 5.15. The summed E-state index contributed by atoms with van der Waals surface area (Å²) < 4.78 is 0. The van der Waals surface area contributed by atoms with Gasteiger partial charge in [0, 0.05) is 18.1 Å². The highest BCUT2D eigenvalue weighted by molar-refractivity contribution is 7.11. The van der Waals surface area contributed by atoms with E-state index in [1.165, 1.54) is 29.6 Å². The van der Waals surface area contributed by atoms with Crippen LogP contribution in [0.5, 0.6) is 0 Å². The molecule has 0 saturated heterocycles. The van der Waals surface area contributed by atoms with Gasteiger partial charge in [-0.3, -0.25) is 4.79 Å². The molecule has 22 heavy (non-hydrogen) atoms. The Hall–Kier alpha value is -1.66. The Morgan fingerprint density at radius 1 is 1.45 bits per heavy atom. The summed E-state index contributed by atoms with van der Waals surface area (Å²) >= 11 is 7.98. The van der Waals surface area contributed by atoms with Crippen LogP contribution >= 0.6 is 22.9 Å². The number of hydrogen-bond acceptors (Lipinski definition) is 5. The first-order valence-electron chi connectivity index (χ1n) is 7.18. The van der Waals surface area contributed by atoms with E-state index in [1.54, 1.807) is 17.4 Å². The molecule has 2 heterocycles. The van der Waals surface area contributed by atoms with Crippen LogP contribution in [0.4, 0.5) is 5.82 Å². The number of fused-ring (bicyclic) bond motifs is 1. The lowest BCUT2D eigenvalue weighted by Gasteiger charge is -2.18. The zero-order valence-electron chi connectivity index (χ0n) is 12.3. The number of rotatable bonds is 4. The molecule has 3 rings (SSSR count). The highest BCUT2D eigenvalue weighted by Gasteiger charge is 2.17. The maximum Gasteiger partial charge on any atom is 0.250 e. The van der Waals surface area contributed by atoms with E-state index in [2.05, 4.69) is 4.98 Å². The maximum atomic E-state index is 11.1. The summed E-state index contributed by atoms with van der Waals surface area (Å²) in [6.07, 6.45) is 6.16. The van der Waals surface area contributed by atoms with Gasteiger partial charge < -0.3 is 10.6 Å². The van der Waals surface area contributed by atoms with Gasteiger partial charge in [-0.05, 0) is 31.7 Å². The molecular formula is C15H17ClN4OS. The number of anilines is 1. The Labute approximate surface area is 138 Å². The van der Waals surface area contributed by atoms with Crippen molar-refractivity contribution in [2.24, 2.45) is 5.73 Å². The molecule has 0 radical (unpaired) electrons. The van der Waals surface area contributed by atoms with Gasteiger partial charge >= 0.3 is 0 Å². The monoisotopic (exact) mass is 336 g/mol. The van der Waals surface area contributed by atoms with Crippen LogP contribution < -0.4 is 10.6 Å². The number of halogens is 1. The molecule has 0 aromatic carbocycles. The van der Waals surface area contributed by atoms with Gasteiger partial charge in [-0.1, -0.05) is 11.6 Å². The van der Waals surface area contributed by atoms with Crippen molar-refractivity contribution in [3.05, 3.63) is 38.4 Å². The van der Waals surface area contributed by atoms with Crippen molar-refractivity contribution in [3.63, 3.8) is 0 Å². The number of amides is 1. The van der Waals surface area contributed by atoms with E-state index < -0.39 is 5.91 Å².